The van der Waals surface area contributed by atoms with Gasteiger partial charge in [-0.1, -0.05) is 107 Å². The summed E-state index contributed by atoms with van der Waals surface area (Å²) in [5.74, 6) is 7.71. The van der Waals surface area contributed by atoms with E-state index in [1.807, 2.05) is 0 Å². The molecule has 1 aromatic carbocycles. The van der Waals surface area contributed by atoms with Crippen molar-refractivity contribution in [3.05, 3.63) is 35.0 Å². The molecule has 2 fully saturated rings. The lowest BCUT2D eigenvalue weighted by Crippen LogP contribution is -2.16. The summed E-state index contributed by atoms with van der Waals surface area (Å²) in [6, 6.07) is 3.98. The number of aromatic nitrogens is 1. The molecular weight excluding hydrogens is 556 g/mol. The number of ether oxygens (including phenoxy) is 1. The predicted molar refractivity (Wildman–Crippen MR) is 164 cm³/mol. The highest BCUT2D eigenvalue weighted by Crippen LogP contribution is 2.36. The summed E-state index contributed by atoms with van der Waals surface area (Å²) in [5, 5.41) is 9.66. The third kappa shape index (κ3) is 9.47. The second-order valence-electron chi connectivity index (χ2n) is 11.6. The van der Waals surface area contributed by atoms with Gasteiger partial charge in [0.15, 0.2) is 9.22 Å². The SMILES string of the molecule is COc1cc(C(=O)O)ccc1NS(=O)(=O)c1cnc(C#CC2CCCCC(C3CCCCCCCC3)CCCC2)s1. The first-order valence-electron chi connectivity index (χ1n) is 15.3. The number of methoxy groups -OCH3 is 1. The van der Waals surface area contributed by atoms with Crippen molar-refractivity contribution in [2.75, 3.05) is 11.8 Å². The molecule has 0 atom stereocenters. The minimum Gasteiger partial charge on any atom is -0.495 e. The molecule has 1 aromatic heterocycles. The summed E-state index contributed by atoms with van der Waals surface area (Å²) in [6.07, 6.45) is 22.6. The molecule has 0 spiro atoms. The second-order valence-corrected chi connectivity index (χ2v) is 14.5. The summed E-state index contributed by atoms with van der Waals surface area (Å²) in [5.41, 5.74) is 0.165. The van der Waals surface area contributed by atoms with Gasteiger partial charge in [0.1, 0.15) is 5.75 Å². The fourth-order valence-electron chi connectivity index (χ4n) is 6.34. The van der Waals surface area contributed by atoms with Gasteiger partial charge < -0.3 is 9.84 Å². The maximum absolute atomic E-state index is 13.0. The minimum atomic E-state index is -3.93. The van der Waals surface area contributed by atoms with Crippen LogP contribution in [0.25, 0.3) is 0 Å². The molecule has 2 aliphatic carbocycles. The van der Waals surface area contributed by atoms with Gasteiger partial charge >= 0.3 is 5.97 Å². The summed E-state index contributed by atoms with van der Waals surface area (Å²) in [4.78, 5) is 15.5. The number of carboxylic acid groups (broad SMARTS) is 1. The smallest absolute Gasteiger partial charge is 0.335 e. The molecule has 0 aliphatic heterocycles. The average Bonchev–Trinajstić information content (AvgIpc) is 3.49. The van der Waals surface area contributed by atoms with Crippen LogP contribution in [-0.2, 0) is 10.0 Å². The number of nitrogens with one attached hydrogen (secondary N) is 1. The number of carboxylic acids is 1. The van der Waals surface area contributed by atoms with E-state index >= 15 is 0 Å². The van der Waals surface area contributed by atoms with Gasteiger partial charge in [-0.2, -0.15) is 0 Å². The maximum atomic E-state index is 13.0. The number of anilines is 1. The predicted octanol–water partition coefficient (Wildman–Crippen LogP) is 8.12. The lowest BCUT2D eigenvalue weighted by Gasteiger charge is -2.28. The Morgan fingerprint density at radius 1 is 0.927 bits per heavy atom. The fraction of sp³-hybridized carbons (Fsp3) is 0.625. The van der Waals surface area contributed by atoms with E-state index in [-0.39, 0.29) is 21.2 Å². The quantitative estimate of drug-likeness (QED) is 0.324. The molecular formula is C32H44N2O5S2. The zero-order chi connectivity index (χ0) is 29.1. The number of rotatable bonds is 6. The van der Waals surface area contributed by atoms with Crippen molar-refractivity contribution < 1.29 is 23.1 Å². The van der Waals surface area contributed by atoms with Crippen molar-refractivity contribution in [3.8, 4) is 17.6 Å². The number of hydrogen-bond donors (Lipinski definition) is 2. The van der Waals surface area contributed by atoms with Crippen molar-refractivity contribution >= 4 is 33.0 Å². The molecule has 2 aromatic rings. The normalized spacial score (nSPS) is 21.8. The number of sulfonamides is 1. The van der Waals surface area contributed by atoms with Gasteiger partial charge in [0.2, 0.25) is 0 Å². The molecule has 2 N–H and O–H groups in total. The van der Waals surface area contributed by atoms with E-state index in [0.717, 1.165) is 36.0 Å². The van der Waals surface area contributed by atoms with Crippen LogP contribution in [-0.4, -0.2) is 31.6 Å². The zero-order valence-corrected chi connectivity index (χ0v) is 25.8. The van der Waals surface area contributed by atoms with Crippen LogP contribution in [0.5, 0.6) is 5.75 Å². The van der Waals surface area contributed by atoms with E-state index in [1.54, 1.807) is 0 Å². The van der Waals surface area contributed by atoms with Crippen molar-refractivity contribution in [3.63, 3.8) is 0 Å². The lowest BCUT2D eigenvalue weighted by molar-refractivity contribution is 0.0696. The molecule has 7 nitrogen and oxygen atoms in total. The Labute approximate surface area is 249 Å². The highest BCUT2D eigenvalue weighted by molar-refractivity contribution is 7.94. The van der Waals surface area contributed by atoms with Crippen LogP contribution in [0.4, 0.5) is 5.69 Å². The van der Waals surface area contributed by atoms with Crippen LogP contribution < -0.4 is 9.46 Å². The molecule has 0 radical (unpaired) electrons. The molecule has 2 aliphatic rings. The first-order chi connectivity index (χ1) is 19.9. The topological polar surface area (TPSA) is 106 Å². The fourth-order valence-corrected chi connectivity index (χ4v) is 8.41. The highest BCUT2D eigenvalue weighted by Gasteiger charge is 2.23. The number of carbonyl (C=O) groups is 1. The molecule has 41 heavy (non-hydrogen) atoms. The lowest BCUT2D eigenvalue weighted by atomic mass is 9.77. The summed E-state index contributed by atoms with van der Waals surface area (Å²) in [7, 11) is -2.57. The number of hydrogen-bond acceptors (Lipinski definition) is 6. The third-order valence-electron chi connectivity index (χ3n) is 8.65. The number of nitrogens with zero attached hydrogens (tertiary/aromatic N) is 1. The minimum absolute atomic E-state index is 0.00545. The third-order valence-corrected chi connectivity index (χ3v) is 11.4. The van der Waals surface area contributed by atoms with E-state index in [2.05, 4.69) is 21.5 Å². The summed E-state index contributed by atoms with van der Waals surface area (Å²) in [6.45, 7) is 0. The number of thiazole rings is 1. The first-order valence-corrected chi connectivity index (χ1v) is 17.6. The zero-order valence-electron chi connectivity index (χ0n) is 24.2. The van der Waals surface area contributed by atoms with Crippen molar-refractivity contribution in [2.45, 2.75) is 107 Å². The van der Waals surface area contributed by atoms with Crippen molar-refractivity contribution in [1.82, 2.24) is 4.98 Å². The molecule has 0 bridgehead atoms. The Bertz CT molecular complexity index is 1290. The number of aromatic carboxylic acids is 1. The van der Waals surface area contributed by atoms with Gasteiger partial charge in [-0.25, -0.2) is 18.2 Å². The Hall–Kier alpha value is -2.57. The van der Waals surface area contributed by atoms with Gasteiger partial charge in [-0.05, 0) is 48.8 Å². The van der Waals surface area contributed by atoms with Crippen molar-refractivity contribution in [1.29, 1.82) is 0 Å². The maximum Gasteiger partial charge on any atom is 0.335 e. The van der Waals surface area contributed by atoms with Gasteiger partial charge in [0, 0.05) is 5.92 Å². The monoisotopic (exact) mass is 600 g/mol. The van der Waals surface area contributed by atoms with Gasteiger partial charge in [0.05, 0.1) is 24.6 Å². The van der Waals surface area contributed by atoms with Crippen LogP contribution in [0, 0.1) is 29.6 Å². The summed E-state index contributed by atoms with van der Waals surface area (Å²) < 4.78 is 33.7. The van der Waals surface area contributed by atoms with Crippen LogP contribution >= 0.6 is 11.3 Å². The molecule has 0 amide bonds. The Morgan fingerprint density at radius 3 is 2.07 bits per heavy atom. The second kappa shape index (κ2) is 15.6. The Morgan fingerprint density at radius 2 is 1.49 bits per heavy atom. The molecule has 0 saturated heterocycles. The molecule has 4 rings (SSSR count). The molecule has 224 valence electrons. The van der Waals surface area contributed by atoms with Crippen LogP contribution in [0.2, 0.25) is 0 Å². The average molecular weight is 601 g/mol. The van der Waals surface area contributed by atoms with E-state index in [9.17, 15) is 18.3 Å². The van der Waals surface area contributed by atoms with E-state index in [4.69, 9.17) is 4.74 Å². The molecule has 1 heterocycles. The molecule has 0 unspecified atom stereocenters. The van der Waals surface area contributed by atoms with E-state index in [1.165, 1.54) is 121 Å². The van der Waals surface area contributed by atoms with Crippen LogP contribution in [0.15, 0.2) is 28.6 Å². The summed E-state index contributed by atoms with van der Waals surface area (Å²) >= 11 is 1.04. The number of benzene rings is 1. The van der Waals surface area contributed by atoms with Gasteiger partial charge in [-0.15, -0.1) is 0 Å². The highest BCUT2D eigenvalue weighted by atomic mass is 32.2. The molecule has 2 saturated carbocycles. The Kier molecular flexibility index (Phi) is 11.9. The van der Waals surface area contributed by atoms with E-state index in [0.29, 0.717) is 10.9 Å². The molecule has 9 heteroatoms. The van der Waals surface area contributed by atoms with Crippen LogP contribution in [0.3, 0.4) is 0 Å². The van der Waals surface area contributed by atoms with E-state index < -0.39 is 16.0 Å². The largest absolute Gasteiger partial charge is 0.495 e. The van der Waals surface area contributed by atoms with Gasteiger partial charge in [0.25, 0.3) is 10.0 Å². The van der Waals surface area contributed by atoms with Crippen molar-refractivity contribution in [2.24, 2.45) is 17.8 Å². The first kappa shape index (κ1) is 31.4. The Balaban J connectivity index is 1.33. The standard InChI is InChI=1S/C32H44N2O5S2/c1-39-29-22-27(32(35)36)19-20-28(29)34-41(37,38)31-23-33-30(40-31)21-18-24-12-8-10-16-26(17-11-9-13-24)25-14-6-4-2-3-5-7-15-25/h19-20,22-26,34H,2-17H2,1H3,(H,35,36). The van der Waals surface area contributed by atoms with Gasteiger partial charge in [-0.3, -0.25) is 4.72 Å². The van der Waals surface area contributed by atoms with Crippen LogP contribution in [0.1, 0.15) is 118 Å².